The molecule has 3 aliphatic heterocycles. The van der Waals surface area contributed by atoms with E-state index < -0.39 is 0 Å². The maximum absolute atomic E-state index is 9.36. The quantitative estimate of drug-likeness (QED) is 0.283. The van der Waals surface area contributed by atoms with Crippen LogP contribution in [0.2, 0.25) is 0 Å². The van der Waals surface area contributed by atoms with Gasteiger partial charge in [0.2, 0.25) is 0 Å². The fourth-order valence-corrected chi connectivity index (χ4v) is 7.10. The number of rotatable bonds is 9. The van der Waals surface area contributed by atoms with Gasteiger partial charge in [0.05, 0.1) is 24.3 Å². The van der Waals surface area contributed by atoms with E-state index in [9.17, 15) is 5.11 Å². The molecule has 10 nitrogen and oxygen atoms in total. The first-order valence-corrected chi connectivity index (χ1v) is 14.9. The van der Waals surface area contributed by atoms with Crippen LogP contribution in [0.25, 0.3) is 10.8 Å². The molecule has 5 heterocycles. The molecule has 0 spiro atoms. The summed E-state index contributed by atoms with van der Waals surface area (Å²) in [6.07, 6.45) is 6.62. The van der Waals surface area contributed by atoms with Gasteiger partial charge in [0.25, 0.3) is 0 Å². The van der Waals surface area contributed by atoms with E-state index in [1.807, 2.05) is 0 Å². The number of aliphatic hydroxyl groups excluding tert-OH is 1. The normalized spacial score (nSPS) is 18.0. The van der Waals surface area contributed by atoms with Gasteiger partial charge in [-0.3, -0.25) is 4.90 Å². The molecular formula is C31H38N8O2. The summed E-state index contributed by atoms with van der Waals surface area (Å²) in [5.74, 6) is 1.88. The largest absolute Gasteiger partial charge is 0.461 e. The van der Waals surface area contributed by atoms with E-state index in [0.717, 1.165) is 49.6 Å². The molecule has 0 radical (unpaired) electrons. The summed E-state index contributed by atoms with van der Waals surface area (Å²) in [6, 6.07) is 13.6. The van der Waals surface area contributed by atoms with Crippen molar-refractivity contribution in [3.8, 4) is 6.01 Å². The minimum Gasteiger partial charge on any atom is -0.461 e. The van der Waals surface area contributed by atoms with E-state index in [4.69, 9.17) is 14.7 Å². The first kappa shape index (κ1) is 26.2. The molecule has 0 aliphatic carbocycles. The van der Waals surface area contributed by atoms with Crippen molar-refractivity contribution >= 4 is 22.3 Å². The van der Waals surface area contributed by atoms with Crippen LogP contribution in [0, 0.1) is 0 Å². The topological polar surface area (TPSA) is 115 Å². The molecule has 0 bridgehead atoms. The molecule has 0 amide bonds. The highest BCUT2D eigenvalue weighted by molar-refractivity contribution is 5.97. The van der Waals surface area contributed by atoms with Gasteiger partial charge in [0.15, 0.2) is 5.82 Å². The monoisotopic (exact) mass is 554 g/mol. The predicted octanol–water partition coefficient (Wildman–Crippen LogP) is 3.98. The van der Waals surface area contributed by atoms with Crippen LogP contribution in [0.1, 0.15) is 61.1 Å². The fourth-order valence-electron chi connectivity index (χ4n) is 7.10. The van der Waals surface area contributed by atoms with Crippen molar-refractivity contribution in [1.82, 2.24) is 30.0 Å². The number of aromatic amines is 1. The number of hydrogen-bond donors (Lipinski definition) is 3. The van der Waals surface area contributed by atoms with Gasteiger partial charge in [-0.05, 0) is 68.6 Å². The summed E-state index contributed by atoms with van der Waals surface area (Å²) in [5.41, 5.74) is 4.86. The molecule has 3 N–H and O–H groups in total. The summed E-state index contributed by atoms with van der Waals surface area (Å²) in [5, 5.41) is 23.5. The summed E-state index contributed by atoms with van der Waals surface area (Å²) in [7, 11) is 0. The molecule has 0 atom stereocenters. The Bertz CT molecular complexity index is 1540. The number of aryl methyl sites for hydroxylation is 1. The Morgan fingerprint density at radius 1 is 1.02 bits per heavy atom. The summed E-state index contributed by atoms with van der Waals surface area (Å²) in [6.45, 7) is 6.98. The van der Waals surface area contributed by atoms with Crippen molar-refractivity contribution in [2.45, 2.75) is 70.7 Å². The number of nitrogens with zero attached hydrogens (tertiary/aromatic N) is 6. The summed E-state index contributed by atoms with van der Waals surface area (Å²) >= 11 is 0. The van der Waals surface area contributed by atoms with Crippen molar-refractivity contribution < 1.29 is 9.84 Å². The van der Waals surface area contributed by atoms with Crippen LogP contribution in [0.15, 0.2) is 36.4 Å². The molecule has 10 heteroatoms. The fraction of sp³-hybridized carbons (Fsp3) is 0.484. The van der Waals surface area contributed by atoms with Crippen LogP contribution in [-0.2, 0) is 32.5 Å². The molecule has 7 rings (SSSR count). The maximum atomic E-state index is 9.36. The van der Waals surface area contributed by atoms with E-state index >= 15 is 0 Å². The van der Waals surface area contributed by atoms with E-state index in [2.05, 4.69) is 73.6 Å². The van der Waals surface area contributed by atoms with Crippen LogP contribution in [0.4, 0.5) is 11.5 Å². The van der Waals surface area contributed by atoms with Gasteiger partial charge >= 0.3 is 6.01 Å². The third kappa shape index (κ3) is 4.89. The zero-order valence-electron chi connectivity index (χ0n) is 23.7. The molecule has 2 aromatic carbocycles. The molecule has 2 aromatic heterocycles. The van der Waals surface area contributed by atoms with Gasteiger partial charge in [0, 0.05) is 23.2 Å². The van der Waals surface area contributed by atoms with Gasteiger partial charge in [-0.15, -0.1) is 10.2 Å². The maximum Gasteiger partial charge on any atom is 0.318 e. The molecule has 2 saturated heterocycles. The Balaban J connectivity index is 1.20. The summed E-state index contributed by atoms with van der Waals surface area (Å²) in [4.78, 5) is 18.0. The predicted molar refractivity (Wildman–Crippen MR) is 158 cm³/mol. The third-order valence-electron chi connectivity index (χ3n) is 9.17. The van der Waals surface area contributed by atoms with Crippen LogP contribution in [0.3, 0.4) is 0 Å². The second-order valence-corrected chi connectivity index (χ2v) is 11.5. The summed E-state index contributed by atoms with van der Waals surface area (Å²) < 4.78 is 6.43. The molecule has 214 valence electrons. The molecule has 2 fully saturated rings. The smallest absolute Gasteiger partial charge is 0.318 e. The van der Waals surface area contributed by atoms with Crippen molar-refractivity contribution in [3.05, 3.63) is 64.9 Å². The third-order valence-corrected chi connectivity index (χ3v) is 9.17. The van der Waals surface area contributed by atoms with Crippen molar-refractivity contribution in [3.63, 3.8) is 0 Å². The van der Waals surface area contributed by atoms with Crippen molar-refractivity contribution in [1.29, 1.82) is 0 Å². The number of hydrogen-bond acceptors (Lipinski definition) is 9. The second-order valence-electron chi connectivity index (χ2n) is 11.5. The first-order chi connectivity index (χ1) is 20.2. The molecule has 0 unspecified atom stereocenters. The zero-order chi connectivity index (χ0) is 27.8. The lowest BCUT2D eigenvalue weighted by Crippen LogP contribution is -2.43. The van der Waals surface area contributed by atoms with Crippen molar-refractivity contribution in [2.75, 3.05) is 36.5 Å². The second kappa shape index (κ2) is 10.9. The number of nitrogens with one attached hydrogen (secondary N) is 2. The lowest BCUT2D eigenvalue weighted by molar-refractivity contribution is 0.107. The van der Waals surface area contributed by atoms with Gasteiger partial charge in [-0.1, -0.05) is 37.3 Å². The lowest BCUT2D eigenvalue weighted by Gasteiger charge is -2.33. The lowest BCUT2D eigenvalue weighted by atomic mass is 9.95. The number of H-pyrrole nitrogens is 1. The number of aromatic nitrogens is 5. The van der Waals surface area contributed by atoms with E-state index in [-0.39, 0.29) is 12.1 Å². The number of fused-ring (bicyclic) bond motifs is 3. The first-order valence-electron chi connectivity index (χ1n) is 14.9. The number of ether oxygens (including phenoxy) is 1. The van der Waals surface area contributed by atoms with E-state index in [0.29, 0.717) is 37.4 Å². The van der Waals surface area contributed by atoms with Gasteiger partial charge in [-0.2, -0.15) is 9.97 Å². The van der Waals surface area contributed by atoms with E-state index in [1.165, 1.54) is 47.7 Å². The molecule has 0 saturated carbocycles. The van der Waals surface area contributed by atoms with Gasteiger partial charge in [0.1, 0.15) is 24.9 Å². The zero-order valence-corrected chi connectivity index (χ0v) is 23.7. The SMILES string of the molecule is CCc1cccc2cccc(N3CCc4c(nc(OCC56CCCN5CCC6)nc4NCc4nnc(CO)[nH]4)C3)c12. The standard InChI is InChI=1S/C31H38N8O2/c1-2-21-7-3-8-22-9-4-10-25(28(21)22)38-16-11-23-24(18-38)33-30(41-20-31-12-5-14-39(31)15-6-13-31)35-29(23)32-17-26-34-27(19-40)37-36-26/h3-4,7-10,40H,2,5-6,11-20H2,1H3,(H,32,33,35)(H,34,36,37). The van der Waals surface area contributed by atoms with Gasteiger partial charge < -0.3 is 25.0 Å². The van der Waals surface area contributed by atoms with Crippen LogP contribution < -0.4 is 15.0 Å². The highest BCUT2D eigenvalue weighted by Gasteiger charge is 2.45. The van der Waals surface area contributed by atoms with Gasteiger partial charge in [-0.25, -0.2) is 0 Å². The molecule has 3 aliphatic rings. The van der Waals surface area contributed by atoms with Crippen LogP contribution >= 0.6 is 0 Å². The number of anilines is 2. The number of benzene rings is 2. The van der Waals surface area contributed by atoms with Crippen molar-refractivity contribution in [2.24, 2.45) is 0 Å². The Morgan fingerprint density at radius 3 is 2.61 bits per heavy atom. The number of aliphatic hydroxyl groups is 1. The highest BCUT2D eigenvalue weighted by atomic mass is 16.5. The molecule has 41 heavy (non-hydrogen) atoms. The molecule has 4 aromatic rings. The average molecular weight is 555 g/mol. The van der Waals surface area contributed by atoms with Crippen LogP contribution in [-0.4, -0.2) is 66.9 Å². The Kier molecular flexibility index (Phi) is 6.96. The average Bonchev–Trinajstić information content (AvgIpc) is 3.74. The minimum absolute atomic E-state index is 0.124. The van der Waals surface area contributed by atoms with E-state index in [1.54, 1.807) is 0 Å². The molecular weight excluding hydrogens is 516 g/mol. The Hall–Kier alpha value is -3.76. The Morgan fingerprint density at radius 2 is 1.83 bits per heavy atom. The highest BCUT2D eigenvalue weighted by Crippen LogP contribution is 2.39. The van der Waals surface area contributed by atoms with Crippen LogP contribution in [0.5, 0.6) is 6.01 Å². The Labute approximate surface area is 240 Å². The minimum atomic E-state index is -0.170.